The number of hydrogen-bond acceptors (Lipinski definition) is 1. The van der Waals surface area contributed by atoms with Crippen LogP contribution in [0.2, 0.25) is 0 Å². The topological polar surface area (TPSA) is 29.1 Å². The summed E-state index contributed by atoms with van der Waals surface area (Å²) in [6.07, 6.45) is 1.14. The Kier molecular flexibility index (Phi) is 12.6. The molecule has 1 rings (SSSR count). The van der Waals surface area contributed by atoms with Crippen molar-refractivity contribution in [3.8, 4) is 0 Å². The van der Waals surface area contributed by atoms with Gasteiger partial charge >= 0.3 is 0 Å². The Hall–Kier alpha value is -0.206. The third-order valence-electron chi connectivity index (χ3n) is 1.60. The first-order chi connectivity index (χ1) is 6.20. The number of carbonyl (C=O) groups is 1. The van der Waals surface area contributed by atoms with Gasteiger partial charge in [-0.25, -0.2) is 0 Å². The van der Waals surface area contributed by atoms with Crippen LogP contribution in [-0.2, 0) is 43.9 Å². The van der Waals surface area contributed by atoms with E-state index in [1.165, 1.54) is 12.5 Å². The van der Waals surface area contributed by atoms with Crippen molar-refractivity contribution in [3.63, 3.8) is 0 Å². The second kappa shape index (κ2) is 10.9. The van der Waals surface area contributed by atoms with Crippen molar-refractivity contribution in [2.45, 2.75) is 20.3 Å². The minimum Gasteiger partial charge on any atom is -0.359 e. The molecule has 0 spiro atoms. The van der Waals surface area contributed by atoms with Gasteiger partial charge < -0.3 is 5.32 Å². The quantitative estimate of drug-likeness (QED) is 0.833. The Labute approximate surface area is 113 Å². The van der Waals surface area contributed by atoms with Crippen LogP contribution in [0.1, 0.15) is 20.8 Å². The molecule has 0 saturated heterocycles. The maximum Gasteiger partial charge on any atom is 0.216 e. The molecule has 3 heteroatoms. The van der Waals surface area contributed by atoms with Crippen molar-refractivity contribution in [2.75, 3.05) is 7.05 Å². The number of amides is 1. The molecule has 1 aromatic rings. The van der Waals surface area contributed by atoms with Crippen LogP contribution in [0.15, 0.2) is 30.3 Å². The largest absolute Gasteiger partial charge is 0.359 e. The molecule has 0 bridgehead atoms. The molecule has 0 fully saturated rings. The second-order valence-corrected chi connectivity index (χ2v) is 2.65. The summed E-state index contributed by atoms with van der Waals surface area (Å²) in [6.45, 7) is 3.63. The van der Waals surface area contributed by atoms with E-state index in [9.17, 15) is 4.79 Å². The Morgan fingerprint density at radius 2 is 1.79 bits per heavy atom. The summed E-state index contributed by atoms with van der Waals surface area (Å²) in [5.41, 5.74) is 1.41. The van der Waals surface area contributed by atoms with E-state index in [0.29, 0.717) is 0 Å². The van der Waals surface area contributed by atoms with Gasteiger partial charge in [0.1, 0.15) is 0 Å². The first-order valence-corrected chi connectivity index (χ1v) is 4.43. The van der Waals surface area contributed by atoms with Crippen LogP contribution in [-0.4, -0.2) is 13.0 Å². The third-order valence-corrected chi connectivity index (χ3v) is 1.60. The SMILES string of the molecule is CCc1ccccc1.CNC(C)=O.[HH].[Y]. The molecule has 1 amide bonds. The first-order valence-electron chi connectivity index (χ1n) is 4.43. The molecule has 1 aromatic carbocycles. The minimum absolute atomic E-state index is 0. The van der Waals surface area contributed by atoms with Crippen LogP contribution in [0.5, 0.6) is 0 Å². The summed E-state index contributed by atoms with van der Waals surface area (Å²) in [6, 6.07) is 10.5. The molecule has 0 saturated carbocycles. The number of aryl methyl sites for hydroxylation is 1. The zero-order valence-corrected chi connectivity index (χ0v) is 11.9. The molecule has 0 aliphatic carbocycles. The molecular formula is C11H19NOY. The van der Waals surface area contributed by atoms with E-state index in [1.807, 2.05) is 6.07 Å². The van der Waals surface area contributed by atoms with Crippen molar-refractivity contribution in [3.05, 3.63) is 35.9 Å². The van der Waals surface area contributed by atoms with Crippen LogP contribution in [0.25, 0.3) is 0 Å². The van der Waals surface area contributed by atoms with E-state index in [2.05, 4.69) is 36.5 Å². The van der Waals surface area contributed by atoms with E-state index >= 15 is 0 Å². The van der Waals surface area contributed by atoms with Gasteiger partial charge in [-0.3, -0.25) is 4.79 Å². The van der Waals surface area contributed by atoms with Gasteiger partial charge in [0.2, 0.25) is 5.91 Å². The fraction of sp³-hybridized carbons (Fsp3) is 0.364. The number of benzene rings is 1. The predicted molar refractivity (Wildman–Crippen MR) is 57.7 cm³/mol. The van der Waals surface area contributed by atoms with E-state index < -0.39 is 0 Å². The molecule has 0 aliphatic heterocycles. The van der Waals surface area contributed by atoms with E-state index in [-0.39, 0.29) is 40.0 Å². The van der Waals surface area contributed by atoms with Gasteiger partial charge in [-0.1, -0.05) is 37.3 Å². The number of rotatable bonds is 1. The van der Waals surface area contributed by atoms with Gasteiger partial charge in [-0.05, 0) is 12.0 Å². The van der Waals surface area contributed by atoms with Crippen LogP contribution in [0.3, 0.4) is 0 Å². The Balaban J connectivity index is -0.000000185. The molecule has 0 atom stereocenters. The molecular weight excluding hydrogens is 251 g/mol. The zero-order valence-electron chi connectivity index (χ0n) is 9.08. The van der Waals surface area contributed by atoms with Crippen LogP contribution < -0.4 is 5.32 Å². The molecule has 2 nitrogen and oxygen atoms in total. The molecule has 0 heterocycles. The Morgan fingerprint density at radius 1 is 1.36 bits per heavy atom. The Morgan fingerprint density at radius 3 is 2.00 bits per heavy atom. The Bertz CT molecular complexity index is 242. The molecule has 0 unspecified atom stereocenters. The van der Waals surface area contributed by atoms with Crippen molar-refractivity contribution in [1.82, 2.24) is 5.32 Å². The van der Waals surface area contributed by atoms with E-state index in [4.69, 9.17) is 0 Å². The maximum atomic E-state index is 9.70. The van der Waals surface area contributed by atoms with Crippen LogP contribution in [0, 0.1) is 0 Å². The smallest absolute Gasteiger partial charge is 0.216 e. The number of nitrogens with one attached hydrogen (secondary N) is 1. The first kappa shape index (κ1) is 16.2. The summed E-state index contributed by atoms with van der Waals surface area (Å²) < 4.78 is 0. The standard InChI is InChI=1S/C8H10.C3H7NO.Y.H2/c1-2-8-6-4-3-5-7-8;1-3(5)4-2;;/h3-7H,2H2,1H3;1-2H3,(H,4,5);;1H. The minimum atomic E-state index is 0. The van der Waals surface area contributed by atoms with Crippen LogP contribution >= 0.6 is 0 Å². The van der Waals surface area contributed by atoms with Gasteiger partial charge in [0, 0.05) is 48.1 Å². The summed E-state index contributed by atoms with van der Waals surface area (Å²) in [4.78, 5) is 9.70. The third kappa shape index (κ3) is 9.88. The van der Waals surface area contributed by atoms with Gasteiger partial charge in [0.05, 0.1) is 0 Å². The average Bonchev–Trinajstić information content (AvgIpc) is 2.20. The predicted octanol–water partition coefficient (Wildman–Crippen LogP) is 2.24. The monoisotopic (exact) mass is 270 g/mol. The fourth-order valence-corrected chi connectivity index (χ4v) is 0.714. The van der Waals surface area contributed by atoms with E-state index in [1.54, 1.807) is 7.05 Å². The summed E-state index contributed by atoms with van der Waals surface area (Å²) >= 11 is 0. The summed E-state index contributed by atoms with van der Waals surface area (Å²) in [5, 5.41) is 2.39. The molecule has 14 heavy (non-hydrogen) atoms. The van der Waals surface area contributed by atoms with Crippen molar-refractivity contribution < 1.29 is 38.9 Å². The van der Waals surface area contributed by atoms with Crippen molar-refractivity contribution in [1.29, 1.82) is 0 Å². The maximum absolute atomic E-state index is 9.70. The molecule has 1 N–H and O–H groups in total. The summed E-state index contributed by atoms with van der Waals surface area (Å²) in [7, 11) is 1.60. The fourth-order valence-electron chi connectivity index (χ4n) is 0.714. The number of hydrogen-bond donors (Lipinski definition) is 1. The van der Waals surface area contributed by atoms with Gasteiger partial charge in [-0.2, -0.15) is 0 Å². The molecule has 77 valence electrons. The molecule has 0 aromatic heterocycles. The second-order valence-electron chi connectivity index (χ2n) is 2.65. The van der Waals surface area contributed by atoms with Crippen LogP contribution in [0.4, 0.5) is 0 Å². The summed E-state index contributed by atoms with van der Waals surface area (Å²) in [5.74, 6) is 0.00463. The average molecular weight is 270 g/mol. The normalized spacial score (nSPS) is 7.64. The molecule has 0 aliphatic rings. The zero-order chi connectivity index (χ0) is 10.1. The van der Waals surface area contributed by atoms with Gasteiger partial charge in [0.25, 0.3) is 0 Å². The molecule has 1 radical (unpaired) electrons. The van der Waals surface area contributed by atoms with Gasteiger partial charge in [0.15, 0.2) is 0 Å². The van der Waals surface area contributed by atoms with Crippen molar-refractivity contribution >= 4 is 5.91 Å². The van der Waals surface area contributed by atoms with Gasteiger partial charge in [-0.15, -0.1) is 0 Å². The van der Waals surface area contributed by atoms with Crippen molar-refractivity contribution in [2.24, 2.45) is 0 Å². The van der Waals surface area contributed by atoms with E-state index in [0.717, 1.165) is 6.42 Å². The number of carbonyl (C=O) groups excluding carboxylic acids is 1.